The zero-order chi connectivity index (χ0) is 13.9. The molecule has 1 aromatic carbocycles. The van der Waals surface area contributed by atoms with E-state index in [0.717, 1.165) is 0 Å². The van der Waals surface area contributed by atoms with Gasteiger partial charge in [0.2, 0.25) is 10.0 Å². The van der Waals surface area contributed by atoms with E-state index in [1.165, 1.54) is 29.5 Å². The molecule has 0 atom stereocenters. The van der Waals surface area contributed by atoms with Gasteiger partial charge >= 0.3 is 0 Å². The highest BCUT2D eigenvalue weighted by atomic mass is 32.2. The van der Waals surface area contributed by atoms with Crippen LogP contribution in [-0.4, -0.2) is 28.4 Å². The Balaban J connectivity index is 2.02. The monoisotopic (exact) mass is 298 g/mol. The van der Waals surface area contributed by atoms with Crippen LogP contribution in [0.15, 0.2) is 41.8 Å². The molecule has 8 nitrogen and oxygen atoms in total. The van der Waals surface area contributed by atoms with Crippen molar-refractivity contribution in [2.45, 2.75) is 4.90 Å². The topological polar surface area (TPSA) is 115 Å². The Morgan fingerprint density at radius 2 is 1.79 bits per heavy atom. The third-order valence-corrected chi connectivity index (χ3v) is 3.21. The van der Waals surface area contributed by atoms with Crippen molar-refractivity contribution in [2.75, 3.05) is 10.7 Å². The number of hydrogen-bond acceptors (Lipinski definition) is 5. The summed E-state index contributed by atoms with van der Waals surface area (Å²) in [6, 6.07) is 5.89. The molecule has 0 aliphatic heterocycles. The van der Waals surface area contributed by atoms with E-state index in [2.05, 4.69) is 20.9 Å². The van der Waals surface area contributed by atoms with Gasteiger partial charge in [-0.3, -0.25) is 5.43 Å². The normalized spacial score (nSPS) is 11.0. The van der Waals surface area contributed by atoms with Gasteiger partial charge in [0.05, 0.1) is 4.90 Å². The maximum atomic E-state index is 11.1. The first-order valence-corrected chi connectivity index (χ1v) is 6.96. The standard InChI is InChI=1S/C9H10N6O2S2/c10-19(16,17)8-3-1-7(2-4-8)13-9(18)14-15-5-11-12-6-15/h1-6H,(H2,10,16,17)(H2,13,14,18). The molecule has 0 amide bonds. The molecule has 0 saturated heterocycles. The number of thiocarbonyl (C=S) groups is 1. The summed E-state index contributed by atoms with van der Waals surface area (Å²) in [4.78, 5) is 0.0377. The van der Waals surface area contributed by atoms with Crippen LogP contribution < -0.4 is 15.9 Å². The fourth-order valence-corrected chi connectivity index (χ4v) is 2.00. The summed E-state index contributed by atoms with van der Waals surface area (Å²) in [5.74, 6) is 0. The van der Waals surface area contributed by atoms with E-state index in [9.17, 15) is 8.42 Å². The third-order valence-electron chi connectivity index (χ3n) is 2.09. The van der Waals surface area contributed by atoms with Gasteiger partial charge in [-0.2, -0.15) is 0 Å². The van der Waals surface area contributed by atoms with Crippen molar-refractivity contribution >= 4 is 33.0 Å². The van der Waals surface area contributed by atoms with Crippen molar-refractivity contribution in [1.82, 2.24) is 14.9 Å². The molecule has 10 heteroatoms. The molecule has 2 rings (SSSR count). The van der Waals surface area contributed by atoms with E-state index in [0.29, 0.717) is 10.8 Å². The second-order valence-electron chi connectivity index (χ2n) is 3.50. The van der Waals surface area contributed by atoms with E-state index in [4.69, 9.17) is 17.4 Å². The zero-order valence-electron chi connectivity index (χ0n) is 9.52. The maximum absolute atomic E-state index is 11.1. The minimum Gasteiger partial charge on any atom is -0.331 e. The largest absolute Gasteiger partial charge is 0.331 e. The van der Waals surface area contributed by atoms with Crippen LogP contribution in [0.1, 0.15) is 0 Å². The van der Waals surface area contributed by atoms with Crippen LogP contribution in [0.2, 0.25) is 0 Å². The van der Waals surface area contributed by atoms with Crippen molar-refractivity contribution in [1.29, 1.82) is 0 Å². The van der Waals surface area contributed by atoms with Crippen molar-refractivity contribution in [3.8, 4) is 0 Å². The second-order valence-corrected chi connectivity index (χ2v) is 5.47. The summed E-state index contributed by atoms with van der Waals surface area (Å²) >= 11 is 5.05. The summed E-state index contributed by atoms with van der Waals surface area (Å²) < 4.78 is 23.6. The van der Waals surface area contributed by atoms with Gasteiger partial charge in [-0.15, -0.1) is 10.2 Å². The van der Waals surface area contributed by atoms with E-state index < -0.39 is 10.0 Å². The molecule has 0 aliphatic carbocycles. The molecule has 0 aliphatic rings. The van der Waals surface area contributed by atoms with Crippen LogP contribution in [0.25, 0.3) is 0 Å². The van der Waals surface area contributed by atoms with Crippen molar-refractivity contribution in [2.24, 2.45) is 5.14 Å². The zero-order valence-corrected chi connectivity index (χ0v) is 11.1. The van der Waals surface area contributed by atoms with Crippen LogP contribution in [-0.2, 0) is 10.0 Å². The predicted octanol–water partition coefficient (Wildman–Crippen LogP) is -0.134. The number of nitrogens with two attached hydrogens (primary N) is 1. The van der Waals surface area contributed by atoms with Crippen LogP contribution in [0.5, 0.6) is 0 Å². The quantitative estimate of drug-likeness (QED) is 0.676. The van der Waals surface area contributed by atoms with Crippen LogP contribution in [0, 0.1) is 0 Å². The molecule has 0 bridgehead atoms. The lowest BCUT2D eigenvalue weighted by atomic mass is 10.3. The molecule has 19 heavy (non-hydrogen) atoms. The molecular weight excluding hydrogens is 288 g/mol. The number of anilines is 1. The lowest BCUT2D eigenvalue weighted by Crippen LogP contribution is -2.26. The number of nitrogens with one attached hydrogen (secondary N) is 2. The van der Waals surface area contributed by atoms with Crippen molar-refractivity contribution < 1.29 is 8.42 Å². The minimum atomic E-state index is -3.69. The van der Waals surface area contributed by atoms with E-state index in [1.807, 2.05) is 0 Å². The number of aromatic nitrogens is 3. The Kier molecular flexibility index (Phi) is 3.74. The minimum absolute atomic E-state index is 0.0377. The highest BCUT2D eigenvalue weighted by Crippen LogP contribution is 2.12. The number of rotatable bonds is 3. The van der Waals surface area contributed by atoms with Gasteiger partial charge in [-0.25, -0.2) is 18.2 Å². The number of nitrogens with zero attached hydrogens (tertiary/aromatic N) is 3. The lowest BCUT2D eigenvalue weighted by molar-refractivity contribution is 0.598. The molecule has 100 valence electrons. The van der Waals surface area contributed by atoms with Crippen LogP contribution in [0.3, 0.4) is 0 Å². The van der Waals surface area contributed by atoms with E-state index in [1.54, 1.807) is 12.1 Å². The maximum Gasteiger partial charge on any atom is 0.238 e. The Bertz CT molecular complexity index is 665. The molecule has 0 saturated carbocycles. The highest BCUT2D eigenvalue weighted by molar-refractivity contribution is 7.89. The molecule has 1 aromatic heterocycles. The summed E-state index contributed by atoms with van der Waals surface area (Å²) in [5, 5.41) is 15.4. The molecule has 0 radical (unpaired) electrons. The lowest BCUT2D eigenvalue weighted by Gasteiger charge is -2.10. The van der Waals surface area contributed by atoms with E-state index >= 15 is 0 Å². The van der Waals surface area contributed by atoms with Gasteiger partial charge in [-0.1, -0.05) is 0 Å². The molecule has 4 N–H and O–H groups in total. The summed E-state index contributed by atoms with van der Waals surface area (Å²) in [7, 11) is -3.69. The number of sulfonamides is 1. The van der Waals surface area contributed by atoms with Gasteiger partial charge in [0.25, 0.3) is 0 Å². The van der Waals surface area contributed by atoms with Gasteiger partial charge in [0.15, 0.2) is 5.11 Å². The Hall–Kier alpha value is -2.04. The third kappa shape index (κ3) is 3.71. The van der Waals surface area contributed by atoms with Crippen molar-refractivity contribution in [3.63, 3.8) is 0 Å². The van der Waals surface area contributed by atoms with Gasteiger partial charge in [0, 0.05) is 5.69 Å². The summed E-state index contributed by atoms with van der Waals surface area (Å²) in [5.41, 5.74) is 3.41. The number of hydrogen-bond donors (Lipinski definition) is 3. The second kappa shape index (κ2) is 5.30. The first-order chi connectivity index (χ1) is 8.95. The van der Waals surface area contributed by atoms with Crippen LogP contribution >= 0.6 is 12.2 Å². The Morgan fingerprint density at radius 3 is 2.32 bits per heavy atom. The molecule has 0 spiro atoms. The summed E-state index contributed by atoms with van der Waals surface area (Å²) in [6.45, 7) is 0. The highest BCUT2D eigenvalue weighted by Gasteiger charge is 2.07. The fraction of sp³-hybridized carbons (Fsp3) is 0. The smallest absolute Gasteiger partial charge is 0.238 e. The fourth-order valence-electron chi connectivity index (χ4n) is 1.26. The van der Waals surface area contributed by atoms with Gasteiger partial charge < -0.3 is 5.32 Å². The van der Waals surface area contributed by atoms with Crippen molar-refractivity contribution in [3.05, 3.63) is 36.9 Å². The average Bonchev–Trinajstić information content (AvgIpc) is 2.81. The number of benzene rings is 1. The summed E-state index contributed by atoms with van der Waals surface area (Å²) in [6.07, 6.45) is 2.89. The molecule has 2 aromatic rings. The molecular formula is C9H10N6O2S2. The Morgan fingerprint density at radius 1 is 1.21 bits per heavy atom. The molecule has 0 unspecified atom stereocenters. The molecule has 1 heterocycles. The molecule has 0 fully saturated rings. The van der Waals surface area contributed by atoms with Gasteiger partial charge in [-0.05, 0) is 36.5 Å². The Labute approximate surface area is 114 Å². The van der Waals surface area contributed by atoms with Crippen LogP contribution in [0.4, 0.5) is 5.69 Å². The van der Waals surface area contributed by atoms with Gasteiger partial charge in [0.1, 0.15) is 12.7 Å². The predicted molar refractivity (Wildman–Crippen MR) is 73.4 cm³/mol. The van der Waals surface area contributed by atoms with E-state index in [-0.39, 0.29) is 4.90 Å². The first-order valence-electron chi connectivity index (χ1n) is 5.01. The average molecular weight is 298 g/mol. The number of primary sulfonamides is 1. The SMILES string of the molecule is NS(=O)(=O)c1ccc(NC(=S)Nn2cnnc2)cc1. The first kappa shape index (κ1) is 13.4.